The third-order valence-electron chi connectivity index (χ3n) is 2.85. The number of hydrogen-bond donors (Lipinski definition) is 0. The van der Waals surface area contributed by atoms with Crippen LogP contribution in [0, 0.1) is 33.7 Å². The number of halogens is 5. The predicted molar refractivity (Wildman–Crippen MR) is 80.2 cm³/mol. The first-order valence-electron chi connectivity index (χ1n) is 6.81. The lowest BCUT2D eigenvalue weighted by atomic mass is 10.1. The topological polar surface area (TPSA) is 57.2 Å². The van der Waals surface area contributed by atoms with Gasteiger partial charge in [0, 0.05) is 17.2 Å². The molecular weight excluding hydrogens is 475 g/mol. The van der Waals surface area contributed by atoms with Gasteiger partial charge in [0.25, 0.3) is 0 Å². The molecule has 0 N–H and O–H groups in total. The van der Waals surface area contributed by atoms with Gasteiger partial charge in [0.05, 0.1) is 0 Å². The van der Waals surface area contributed by atoms with Crippen LogP contribution < -0.4 is 21.2 Å². The van der Waals surface area contributed by atoms with E-state index in [4.69, 9.17) is 13.0 Å². The Morgan fingerprint density at radius 2 is 1.48 bits per heavy atom. The lowest BCUT2D eigenvalue weighted by molar-refractivity contribution is -0.598. The molecule has 0 amide bonds. The summed E-state index contributed by atoms with van der Waals surface area (Å²) in [5.41, 5.74) is -1.68. The van der Waals surface area contributed by atoms with Crippen LogP contribution in [0.3, 0.4) is 0 Å². The summed E-state index contributed by atoms with van der Waals surface area (Å²) >= 11 is -0.284. The minimum absolute atomic E-state index is 0.135. The lowest BCUT2D eigenvalue weighted by Gasteiger charge is -2.08. The van der Waals surface area contributed by atoms with Gasteiger partial charge in [0.15, 0.2) is 17.3 Å². The summed E-state index contributed by atoms with van der Waals surface area (Å²) in [6.07, 6.45) is 0. The average Bonchev–Trinajstić information content (AvgIpc) is 2.41. The molecule has 0 unspecified atom stereocenters. The fourth-order valence-corrected chi connectivity index (χ4v) is 4.56. The van der Waals surface area contributed by atoms with Gasteiger partial charge in [-0.1, -0.05) is 23.8 Å². The highest BCUT2D eigenvalue weighted by atomic mass is 127. The molecule has 0 bridgehead atoms. The van der Waals surface area contributed by atoms with Crippen LogP contribution in [0.2, 0.25) is 0 Å². The molecule has 0 spiro atoms. The molecule has 0 saturated carbocycles. The van der Waals surface area contributed by atoms with Crippen molar-refractivity contribution in [1.82, 2.24) is 0 Å². The molecule has 0 aliphatic carbocycles. The monoisotopic (exact) mass is 490 g/mol. The van der Waals surface area contributed by atoms with Crippen molar-refractivity contribution < 1.29 is 51.7 Å². The van der Waals surface area contributed by atoms with Crippen molar-refractivity contribution in [2.45, 2.75) is 26.3 Å². The van der Waals surface area contributed by atoms with Crippen LogP contribution in [0.15, 0.2) is 36.4 Å². The Bertz CT molecular complexity index is 826. The van der Waals surface area contributed by atoms with Gasteiger partial charge in [-0.15, -0.1) is 0 Å². The summed E-state index contributed by atoms with van der Waals surface area (Å²) in [4.78, 5) is 0. The Hall–Kier alpha value is -1.20. The second-order valence-corrected chi connectivity index (χ2v) is 9.38. The van der Waals surface area contributed by atoms with Gasteiger partial charge in [-0.2, -0.15) is 13.2 Å². The van der Waals surface area contributed by atoms with Gasteiger partial charge in [0.2, 0.25) is 0 Å². The second kappa shape index (κ2) is 8.45. The highest BCUT2D eigenvalue weighted by molar-refractivity contribution is 7.86. The van der Waals surface area contributed by atoms with Gasteiger partial charge in [0.1, 0.15) is 5.82 Å². The molecule has 138 valence electrons. The van der Waals surface area contributed by atoms with E-state index in [0.29, 0.717) is 0 Å². The number of alkyl halides is 3. The Morgan fingerprint density at radius 3 is 1.88 bits per heavy atom. The maximum atomic E-state index is 13.2. The van der Waals surface area contributed by atoms with E-state index in [1.54, 1.807) is 12.1 Å². The minimum atomic E-state index is -6.09. The standard InChI is InChI=1S/C15H15FI.CHF3O3S/c1-10-7-11(2)15(12(3)8-10)17-14-6-4-5-13(16)9-14;2-1(3,4)8(5,6)7/h4-9H,1-3H3;(H,5,6,7)/q+1;/p-1. The average molecular weight is 490 g/mol. The Morgan fingerprint density at radius 1 is 1.00 bits per heavy atom. The molecule has 3 nitrogen and oxygen atoms in total. The summed E-state index contributed by atoms with van der Waals surface area (Å²) < 4.78 is 74.6. The number of rotatable bonds is 2. The SMILES string of the molecule is Cc1cc(C)c([I+]c2cccc(F)c2)c(C)c1.O=S(=O)([O-])C(F)(F)F. The lowest BCUT2D eigenvalue weighted by Crippen LogP contribution is -3.62. The Kier molecular flexibility index (Phi) is 7.39. The van der Waals surface area contributed by atoms with E-state index in [9.17, 15) is 17.6 Å². The Labute approximate surface area is 154 Å². The van der Waals surface area contributed by atoms with Crippen LogP contribution in [0.5, 0.6) is 0 Å². The molecule has 0 atom stereocenters. The van der Waals surface area contributed by atoms with Gasteiger partial charge in [-0.3, -0.25) is 0 Å². The van der Waals surface area contributed by atoms with Crippen molar-refractivity contribution in [1.29, 1.82) is 0 Å². The fourth-order valence-electron chi connectivity index (χ4n) is 1.94. The van der Waals surface area contributed by atoms with Crippen LogP contribution in [-0.2, 0) is 10.1 Å². The molecule has 0 aliphatic heterocycles. The van der Waals surface area contributed by atoms with E-state index in [1.807, 2.05) is 6.07 Å². The zero-order valence-electron chi connectivity index (χ0n) is 13.5. The van der Waals surface area contributed by atoms with Crippen LogP contribution in [0.4, 0.5) is 17.6 Å². The molecule has 0 aliphatic rings. The van der Waals surface area contributed by atoms with Crippen molar-refractivity contribution >= 4 is 10.1 Å². The number of hydrogen-bond acceptors (Lipinski definition) is 3. The third-order valence-corrected chi connectivity index (χ3v) is 6.96. The van der Waals surface area contributed by atoms with Gasteiger partial charge < -0.3 is 4.55 Å². The molecular formula is C16H15F4IO3S. The van der Waals surface area contributed by atoms with Gasteiger partial charge in [-0.05, 0) is 32.9 Å². The van der Waals surface area contributed by atoms with Crippen LogP contribution in [-0.4, -0.2) is 18.5 Å². The normalized spacial score (nSPS) is 11.7. The van der Waals surface area contributed by atoms with E-state index in [0.717, 1.165) is 3.57 Å². The van der Waals surface area contributed by atoms with E-state index >= 15 is 0 Å². The number of aryl methyl sites for hydroxylation is 3. The Balaban J connectivity index is 0.000000333. The van der Waals surface area contributed by atoms with E-state index < -0.39 is 15.6 Å². The molecule has 0 heterocycles. The van der Waals surface area contributed by atoms with E-state index in [2.05, 4.69) is 32.9 Å². The van der Waals surface area contributed by atoms with Crippen LogP contribution >= 0.6 is 0 Å². The van der Waals surface area contributed by atoms with Crippen molar-refractivity contribution in [2.24, 2.45) is 0 Å². The molecule has 0 radical (unpaired) electrons. The van der Waals surface area contributed by atoms with E-state index in [1.165, 1.54) is 26.3 Å². The van der Waals surface area contributed by atoms with Crippen molar-refractivity contribution in [3.63, 3.8) is 0 Å². The zero-order valence-corrected chi connectivity index (χ0v) is 16.5. The van der Waals surface area contributed by atoms with Gasteiger partial charge in [-0.25, -0.2) is 12.8 Å². The predicted octanol–water partition coefficient (Wildman–Crippen LogP) is 0.931. The van der Waals surface area contributed by atoms with Crippen molar-refractivity contribution in [3.8, 4) is 0 Å². The molecule has 0 aromatic heterocycles. The molecule has 9 heteroatoms. The first kappa shape index (κ1) is 21.8. The first-order valence-corrected chi connectivity index (χ1v) is 10.4. The summed E-state index contributed by atoms with van der Waals surface area (Å²) in [5, 5.41) is 0. The zero-order chi connectivity index (χ0) is 19.4. The van der Waals surface area contributed by atoms with Gasteiger partial charge >= 0.3 is 26.7 Å². The highest BCUT2D eigenvalue weighted by Crippen LogP contribution is 2.20. The smallest absolute Gasteiger partial charge is 0.485 e. The summed E-state index contributed by atoms with van der Waals surface area (Å²) in [6, 6.07) is 11.4. The second-order valence-electron chi connectivity index (χ2n) is 5.15. The first-order chi connectivity index (χ1) is 11.3. The third kappa shape index (κ3) is 6.90. The van der Waals surface area contributed by atoms with Crippen LogP contribution in [0.25, 0.3) is 0 Å². The molecule has 0 saturated heterocycles. The maximum absolute atomic E-state index is 13.2. The summed E-state index contributed by atoms with van der Waals surface area (Å²) in [7, 11) is -6.09. The molecule has 2 aromatic carbocycles. The van der Waals surface area contributed by atoms with E-state index in [-0.39, 0.29) is 27.0 Å². The summed E-state index contributed by atoms with van der Waals surface area (Å²) in [6.45, 7) is 6.41. The molecule has 25 heavy (non-hydrogen) atoms. The largest absolute Gasteiger partial charge is 0.741 e. The maximum Gasteiger partial charge on any atom is 0.485 e. The minimum Gasteiger partial charge on any atom is -0.741 e. The summed E-state index contributed by atoms with van der Waals surface area (Å²) in [5.74, 6) is -0.135. The number of benzene rings is 2. The van der Waals surface area contributed by atoms with Crippen molar-refractivity contribution in [3.05, 3.63) is 66.0 Å². The molecule has 0 fully saturated rings. The molecule has 2 aromatic rings. The molecule has 2 rings (SSSR count). The quantitative estimate of drug-likeness (QED) is 0.273. The van der Waals surface area contributed by atoms with Crippen LogP contribution in [0.1, 0.15) is 16.7 Å². The fraction of sp³-hybridized carbons (Fsp3) is 0.250. The highest BCUT2D eigenvalue weighted by Gasteiger charge is 2.36. The van der Waals surface area contributed by atoms with Crippen molar-refractivity contribution in [2.75, 3.05) is 0 Å².